The van der Waals surface area contributed by atoms with Crippen molar-refractivity contribution in [2.75, 3.05) is 13.2 Å². The Kier molecular flexibility index (Phi) is 9.31. The molecule has 1 N–H and O–H groups in total. The fourth-order valence-electron chi connectivity index (χ4n) is 3.46. The van der Waals surface area contributed by atoms with Crippen molar-refractivity contribution in [1.82, 2.24) is 10.2 Å². The van der Waals surface area contributed by atoms with Gasteiger partial charge in [-0.2, -0.15) is 0 Å². The zero-order valence-corrected chi connectivity index (χ0v) is 20.2. The number of carbonyl (C=O) groups excluding carboxylic acids is 2. The van der Waals surface area contributed by atoms with Gasteiger partial charge in [0.1, 0.15) is 17.6 Å². The molecule has 0 fully saturated rings. The molecular formula is C26H25Cl2FN2O3. The van der Waals surface area contributed by atoms with Gasteiger partial charge in [-0.1, -0.05) is 59.6 Å². The smallest absolute Gasteiger partial charge is 0.261 e. The molecule has 0 radical (unpaired) electrons. The fourth-order valence-corrected chi connectivity index (χ4v) is 3.98. The largest absolute Gasteiger partial charge is 0.484 e. The Morgan fingerprint density at radius 1 is 0.971 bits per heavy atom. The van der Waals surface area contributed by atoms with Gasteiger partial charge in [0.25, 0.3) is 5.91 Å². The highest BCUT2D eigenvalue weighted by molar-refractivity contribution is 6.36. The van der Waals surface area contributed by atoms with Crippen LogP contribution in [-0.2, 0) is 22.6 Å². The Labute approximate surface area is 208 Å². The van der Waals surface area contributed by atoms with Crippen LogP contribution in [-0.4, -0.2) is 35.9 Å². The van der Waals surface area contributed by atoms with Crippen molar-refractivity contribution in [3.63, 3.8) is 0 Å². The highest BCUT2D eigenvalue weighted by Crippen LogP contribution is 2.27. The molecule has 1 atom stereocenters. The van der Waals surface area contributed by atoms with Crippen LogP contribution < -0.4 is 10.1 Å². The molecule has 0 saturated carbocycles. The van der Waals surface area contributed by atoms with Gasteiger partial charge in [-0.05, 0) is 48.9 Å². The maximum atomic E-state index is 13.4. The van der Waals surface area contributed by atoms with Crippen LogP contribution in [0.25, 0.3) is 0 Å². The molecule has 5 nitrogen and oxygen atoms in total. The fraction of sp³-hybridized carbons (Fsp3) is 0.231. The number of likely N-dealkylation sites (N-methyl/N-ethyl adjacent to an activating group) is 1. The Bertz CT molecular complexity index is 1090. The first kappa shape index (κ1) is 25.5. The molecular weight excluding hydrogens is 478 g/mol. The molecule has 0 bridgehead atoms. The third kappa shape index (κ3) is 6.95. The van der Waals surface area contributed by atoms with Gasteiger partial charge in [0.05, 0.1) is 0 Å². The number of benzene rings is 3. The number of ether oxygens (including phenoxy) is 1. The van der Waals surface area contributed by atoms with E-state index in [9.17, 15) is 14.0 Å². The summed E-state index contributed by atoms with van der Waals surface area (Å²) in [7, 11) is 0. The van der Waals surface area contributed by atoms with Crippen LogP contribution in [0.15, 0.2) is 72.8 Å². The second-order valence-corrected chi connectivity index (χ2v) is 8.38. The van der Waals surface area contributed by atoms with E-state index in [-0.39, 0.29) is 25.5 Å². The highest BCUT2D eigenvalue weighted by atomic mass is 35.5. The summed E-state index contributed by atoms with van der Waals surface area (Å²) in [6.07, 6.45) is 0.289. The summed E-state index contributed by atoms with van der Waals surface area (Å²) in [6.45, 7) is 1.88. The molecule has 0 aliphatic rings. The third-order valence-corrected chi connectivity index (χ3v) is 5.90. The summed E-state index contributed by atoms with van der Waals surface area (Å²) >= 11 is 12.8. The van der Waals surface area contributed by atoms with Gasteiger partial charge in [0.15, 0.2) is 6.61 Å². The van der Waals surface area contributed by atoms with E-state index in [1.54, 1.807) is 18.2 Å². The molecule has 3 rings (SSSR count). The Morgan fingerprint density at radius 2 is 1.62 bits per heavy atom. The molecule has 0 aliphatic heterocycles. The normalized spacial score (nSPS) is 11.5. The number of hydrogen-bond donors (Lipinski definition) is 1. The standard InChI is InChI=1S/C26H25Cl2FN2O3/c1-2-30-26(33)24(15-18-7-4-3-5-8-18)31(16-21-22(27)9-6-10-23(21)28)25(32)17-34-20-13-11-19(29)12-14-20/h3-14,24H,2,15-17H2,1H3,(H,30,33). The van der Waals surface area contributed by atoms with E-state index in [0.717, 1.165) is 5.56 Å². The van der Waals surface area contributed by atoms with Crippen LogP contribution in [0.4, 0.5) is 4.39 Å². The lowest BCUT2D eigenvalue weighted by atomic mass is 10.0. The van der Waals surface area contributed by atoms with Crippen LogP contribution >= 0.6 is 23.2 Å². The van der Waals surface area contributed by atoms with Crippen molar-refractivity contribution in [3.8, 4) is 5.75 Å². The number of hydrogen-bond acceptors (Lipinski definition) is 3. The van der Waals surface area contributed by atoms with Crippen LogP contribution in [0.5, 0.6) is 5.75 Å². The minimum absolute atomic E-state index is 0.0127. The molecule has 178 valence electrons. The molecule has 8 heteroatoms. The Balaban J connectivity index is 1.93. The molecule has 2 amide bonds. The van der Waals surface area contributed by atoms with Gasteiger partial charge in [0, 0.05) is 35.1 Å². The first-order valence-electron chi connectivity index (χ1n) is 10.8. The van der Waals surface area contributed by atoms with Crippen LogP contribution in [0.3, 0.4) is 0 Å². The molecule has 0 spiro atoms. The molecule has 3 aromatic carbocycles. The third-order valence-electron chi connectivity index (χ3n) is 5.19. The van der Waals surface area contributed by atoms with Gasteiger partial charge >= 0.3 is 0 Å². The van der Waals surface area contributed by atoms with Crippen molar-refractivity contribution >= 4 is 35.0 Å². The summed E-state index contributed by atoms with van der Waals surface area (Å²) in [5.74, 6) is -0.812. The number of nitrogens with one attached hydrogen (secondary N) is 1. The number of rotatable bonds is 10. The van der Waals surface area contributed by atoms with E-state index < -0.39 is 17.8 Å². The van der Waals surface area contributed by atoms with Crippen molar-refractivity contribution in [2.45, 2.75) is 25.9 Å². The van der Waals surface area contributed by atoms with E-state index in [0.29, 0.717) is 27.9 Å². The lowest BCUT2D eigenvalue weighted by Crippen LogP contribution is -2.51. The summed E-state index contributed by atoms with van der Waals surface area (Å²) in [5, 5.41) is 3.59. The predicted molar refractivity (Wildman–Crippen MR) is 132 cm³/mol. The van der Waals surface area contributed by atoms with E-state index in [2.05, 4.69) is 5.32 Å². The molecule has 34 heavy (non-hydrogen) atoms. The molecule has 3 aromatic rings. The SMILES string of the molecule is CCNC(=O)C(Cc1ccccc1)N(Cc1c(Cl)cccc1Cl)C(=O)COc1ccc(F)cc1. The van der Waals surface area contributed by atoms with Gasteiger partial charge in [-0.25, -0.2) is 4.39 Å². The minimum Gasteiger partial charge on any atom is -0.484 e. The summed E-state index contributed by atoms with van der Waals surface area (Å²) < 4.78 is 18.8. The van der Waals surface area contributed by atoms with E-state index in [4.69, 9.17) is 27.9 Å². The van der Waals surface area contributed by atoms with Gasteiger partial charge in [-0.3, -0.25) is 9.59 Å². The van der Waals surface area contributed by atoms with Crippen LogP contribution in [0, 0.1) is 5.82 Å². The number of amides is 2. The number of halogens is 3. The molecule has 0 saturated heterocycles. The summed E-state index contributed by atoms with van der Waals surface area (Å²) in [6, 6.07) is 19.0. The maximum absolute atomic E-state index is 13.4. The quantitative estimate of drug-likeness (QED) is 0.409. The van der Waals surface area contributed by atoms with E-state index in [1.165, 1.54) is 29.2 Å². The van der Waals surface area contributed by atoms with Crippen molar-refractivity contribution in [2.24, 2.45) is 0 Å². The molecule has 0 heterocycles. The summed E-state index contributed by atoms with van der Waals surface area (Å²) in [5.41, 5.74) is 1.42. The summed E-state index contributed by atoms with van der Waals surface area (Å²) in [4.78, 5) is 27.9. The Morgan fingerprint density at radius 3 is 2.24 bits per heavy atom. The minimum atomic E-state index is -0.834. The van der Waals surface area contributed by atoms with Crippen molar-refractivity contribution in [1.29, 1.82) is 0 Å². The molecule has 0 aromatic heterocycles. The van der Waals surface area contributed by atoms with Gasteiger partial charge in [0.2, 0.25) is 5.91 Å². The van der Waals surface area contributed by atoms with E-state index >= 15 is 0 Å². The second kappa shape index (κ2) is 12.4. The zero-order chi connectivity index (χ0) is 24.5. The first-order valence-corrected chi connectivity index (χ1v) is 11.6. The zero-order valence-electron chi connectivity index (χ0n) is 18.6. The van der Waals surface area contributed by atoms with Gasteiger partial charge in [-0.15, -0.1) is 0 Å². The maximum Gasteiger partial charge on any atom is 0.261 e. The molecule has 1 unspecified atom stereocenters. The second-order valence-electron chi connectivity index (χ2n) is 7.56. The van der Waals surface area contributed by atoms with Crippen molar-refractivity contribution < 1.29 is 18.7 Å². The highest BCUT2D eigenvalue weighted by Gasteiger charge is 2.31. The van der Waals surface area contributed by atoms with Crippen LogP contribution in [0.2, 0.25) is 10.0 Å². The van der Waals surface area contributed by atoms with Crippen molar-refractivity contribution in [3.05, 3.63) is 99.8 Å². The Hall–Kier alpha value is -3.09. The monoisotopic (exact) mass is 502 g/mol. The van der Waals surface area contributed by atoms with Gasteiger partial charge < -0.3 is 15.0 Å². The lowest BCUT2D eigenvalue weighted by Gasteiger charge is -2.32. The average molecular weight is 503 g/mol. The lowest BCUT2D eigenvalue weighted by molar-refractivity contribution is -0.142. The number of carbonyl (C=O) groups is 2. The molecule has 0 aliphatic carbocycles. The number of nitrogens with zero attached hydrogens (tertiary/aromatic N) is 1. The predicted octanol–water partition coefficient (Wildman–Crippen LogP) is 5.29. The van der Waals surface area contributed by atoms with E-state index in [1.807, 2.05) is 37.3 Å². The average Bonchev–Trinajstić information content (AvgIpc) is 2.83. The van der Waals surface area contributed by atoms with Crippen LogP contribution in [0.1, 0.15) is 18.1 Å². The topological polar surface area (TPSA) is 58.6 Å². The first-order chi connectivity index (χ1) is 16.4.